The van der Waals surface area contributed by atoms with Gasteiger partial charge >= 0.3 is 0 Å². The molecule has 0 saturated heterocycles. The normalized spacial score (nSPS) is 11.6. The molecule has 0 aliphatic rings. The summed E-state index contributed by atoms with van der Waals surface area (Å²) in [5.41, 5.74) is -0.263. The summed E-state index contributed by atoms with van der Waals surface area (Å²) in [6.07, 6.45) is 0. The van der Waals surface area contributed by atoms with Crippen LogP contribution in [0, 0.1) is 0 Å². The summed E-state index contributed by atoms with van der Waals surface area (Å²) in [5, 5.41) is 14.7. The summed E-state index contributed by atoms with van der Waals surface area (Å²) in [4.78, 5) is 0. The molecule has 94 valence electrons. The molecular weight excluding hydrogens is 269 g/mol. The van der Waals surface area contributed by atoms with E-state index in [1.807, 2.05) is 24.3 Å². The molecule has 0 spiro atoms. The molecule has 4 heteroatoms. The zero-order valence-corrected chi connectivity index (χ0v) is 11.3. The number of nitrogens with one attached hydrogen (secondary N) is 1. The molecule has 0 saturated carbocycles. The van der Waals surface area contributed by atoms with Crippen molar-refractivity contribution in [3.8, 4) is 0 Å². The van der Waals surface area contributed by atoms with E-state index in [9.17, 15) is 5.11 Å². The molecule has 0 fully saturated rings. The molecule has 0 unspecified atom stereocenters. The van der Waals surface area contributed by atoms with Gasteiger partial charge in [0, 0.05) is 21.2 Å². The van der Waals surface area contributed by atoms with Crippen LogP contribution in [0.15, 0.2) is 48.5 Å². The van der Waals surface area contributed by atoms with Gasteiger partial charge in [0.05, 0.1) is 0 Å². The third-order valence-corrected chi connectivity index (χ3v) is 3.55. The number of rotatable bonds is 3. The van der Waals surface area contributed by atoms with Gasteiger partial charge in [0.15, 0.2) is 5.72 Å². The van der Waals surface area contributed by atoms with Gasteiger partial charge in [-0.25, -0.2) is 0 Å². The van der Waals surface area contributed by atoms with Gasteiger partial charge in [-0.15, -0.1) is 0 Å². The fourth-order valence-electron chi connectivity index (χ4n) is 1.92. The lowest BCUT2D eigenvalue weighted by Gasteiger charge is -2.30. The minimum Gasteiger partial charge on any atom is -0.367 e. The lowest BCUT2D eigenvalue weighted by Crippen LogP contribution is -2.41. The highest BCUT2D eigenvalue weighted by atomic mass is 35.5. The molecule has 2 nitrogen and oxygen atoms in total. The highest BCUT2D eigenvalue weighted by molar-refractivity contribution is 6.32. The molecule has 0 aromatic heterocycles. The first-order chi connectivity index (χ1) is 8.59. The maximum atomic E-state index is 10.8. The van der Waals surface area contributed by atoms with Crippen LogP contribution >= 0.6 is 23.2 Å². The van der Waals surface area contributed by atoms with Crippen molar-refractivity contribution in [2.24, 2.45) is 0 Å². The number of aliphatic hydroxyl groups is 1. The van der Waals surface area contributed by atoms with Gasteiger partial charge in [0.1, 0.15) is 0 Å². The van der Waals surface area contributed by atoms with Crippen molar-refractivity contribution in [2.75, 3.05) is 7.05 Å². The Kier molecular flexibility index (Phi) is 3.93. The molecule has 2 N–H and O–H groups in total. The molecule has 0 aliphatic carbocycles. The number of hydrogen-bond acceptors (Lipinski definition) is 2. The first-order valence-corrected chi connectivity index (χ1v) is 6.26. The predicted molar refractivity (Wildman–Crippen MR) is 75.0 cm³/mol. The Morgan fingerprint density at radius 1 is 0.889 bits per heavy atom. The summed E-state index contributed by atoms with van der Waals surface area (Å²) in [6.45, 7) is 0. The average molecular weight is 282 g/mol. The topological polar surface area (TPSA) is 32.3 Å². The van der Waals surface area contributed by atoms with Gasteiger partial charge in [0.2, 0.25) is 0 Å². The second kappa shape index (κ2) is 5.29. The van der Waals surface area contributed by atoms with Gasteiger partial charge in [-0.3, -0.25) is 5.32 Å². The van der Waals surface area contributed by atoms with Crippen molar-refractivity contribution in [3.05, 3.63) is 69.7 Å². The van der Waals surface area contributed by atoms with Crippen LogP contribution in [-0.2, 0) is 5.72 Å². The van der Waals surface area contributed by atoms with Crippen LogP contribution < -0.4 is 5.32 Å². The smallest absolute Gasteiger partial charge is 0.171 e. The quantitative estimate of drug-likeness (QED) is 0.846. The van der Waals surface area contributed by atoms with Gasteiger partial charge < -0.3 is 5.11 Å². The first kappa shape index (κ1) is 13.4. The van der Waals surface area contributed by atoms with E-state index in [0.717, 1.165) is 0 Å². The maximum absolute atomic E-state index is 10.8. The number of hydrogen-bond donors (Lipinski definition) is 2. The largest absolute Gasteiger partial charge is 0.367 e. The Bertz CT molecular complexity index is 511. The third kappa shape index (κ3) is 2.25. The van der Waals surface area contributed by atoms with E-state index in [1.165, 1.54) is 0 Å². The molecule has 0 amide bonds. The third-order valence-electron chi connectivity index (χ3n) is 2.89. The van der Waals surface area contributed by atoms with Gasteiger partial charge in [-0.2, -0.15) is 0 Å². The summed E-state index contributed by atoms with van der Waals surface area (Å²) < 4.78 is 0. The van der Waals surface area contributed by atoms with Crippen molar-refractivity contribution < 1.29 is 5.11 Å². The second-order valence-electron chi connectivity index (χ2n) is 3.92. The Morgan fingerprint density at radius 3 is 1.61 bits per heavy atom. The van der Waals surface area contributed by atoms with Crippen molar-refractivity contribution >= 4 is 23.2 Å². The summed E-state index contributed by atoms with van der Waals surface area (Å²) >= 11 is 12.3. The van der Waals surface area contributed by atoms with Crippen LogP contribution in [0.2, 0.25) is 10.0 Å². The Labute approximate surface area is 116 Å². The summed E-state index contributed by atoms with van der Waals surface area (Å²) in [6, 6.07) is 14.3. The van der Waals surface area contributed by atoms with Crippen LogP contribution in [0.5, 0.6) is 0 Å². The lowest BCUT2D eigenvalue weighted by atomic mass is 9.94. The van der Waals surface area contributed by atoms with Gasteiger partial charge in [-0.1, -0.05) is 59.6 Å². The Hall–Kier alpha value is -1.06. The summed E-state index contributed by atoms with van der Waals surface area (Å²) in [7, 11) is 1.66. The van der Waals surface area contributed by atoms with Crippen molar-refractivity contribution in [3.63, 3.8) is 0 Å². The first-order valence-electron chi connectivity index (χ1n) is 5.51. The SMILES string of the molecule is CNC(O)(c1ccccc1Cl)c1ccccc1Cl. The lowest BCUT2D eigenvalue weighted by molar-refractivity contribution is 0.0518. The van der Waals surface area contributed by atoms with Crippen LogP contribution in [0.1, 0.15) is 11.1 Å². The molecule has 0 heterocycles. The van der Waals surface area contributed by atoms with E-state index >= 15 is 0 Å². The molecule has 0 radical (unpaired) electrons. The van der Waals surface area contributed by atoms with Crippen LogP contribution in [0.25, 0.3) is 0 Å². The Morgan fingerprint density at radius 2 is 1.28 bits per heavy atom. The molecule has 2 aromatic rings. The standard InChI is InChI=1S/C14H13Cl2NO/c1-17-14(18,10-6-2-4-8-12(10)15)11-7-3-5-9-13(11)16/h2-9,17-18H,1H3. The van der Waals surface area contributed by atoms with Crippen molar-refractivity contribution in [1.82, 2.24) is 5.32 Å². The zero-order valence-electron chi connectivity index (χ0n) is 9.82. The van der Waals surface area contributed by atoms with E-state index in [4.69, 9.17) is 23.2 Å². The Balaban J connectivity index is 2.63. The highest BCUT2D eigenvalue weighted by Crippen LogP contribution is 2.35. The monoisotopic (exact) mass is 281 g/mol. The van der Waals surface area contributed by atoms with E-state index in [1.54, 1.807) is 31.3 Å². The molecule has 0 aliphatic heterocycles. The fraction of sp³-hybridized carbons (Fsp3) is 0.143. The zero-order chi connectivity index (χ0) is 13.2. The van der Waals surface area contributed by atoms with Crippen molar-refractivity contribution in [1.29, 1.82) is 0 Å². The molecule has 18 heavy (non-hydrogen) atoms. The van der Waals surface area contributed by atoms with Crippen LogP contribution in [0.3, 0.4) is 0 Å². The average Bonchev–Trinajstić information content (AvgIpc) is 2.39. The molecule has 0 bridgehead atoms. The second-order valence-corrected chi connectivity index (χ2v) is 4.73. The minimum absolute atomic E-state index is 0.481. The van der Waals surface area contributed by atoms with E-state index < -0.39 is 5.72 Å². The molecule has 2 aromatic carbocycles. The van der Waals surface area contributed by atoms with Crippen molar-refractivity contribution in [2.45, 2.75) is 5.72 Å². The van der Waals surface area contributed by atoms with E-state index in [0.29, 0.717) is 21.2 Å². The maximum Gasteiger partial charge on any atom is 0.171 e. The number of halogens is 2. The summed E-state index contributed by atoms with van der Waals surface area (Å²) in [5.74, 6) is 0. The minimum atomic E-state index is -1.41. The molecule has 2 rings (SSSR count). The van der Waals surface area contributed by atoms with Crippen LogP contribution in [-0.4, -0.2) is 12.2 Å². The van der Waals surface area contributed by atoms with Gasteiger partial charge in [0.25, 0.3) is 0 Å². The molecular formula is C14H13Cl2NO. The predicted octanol–water partition coefficient (Wildman–Crippen LogP) is 3.41. The van der Waals surface area contributed by atoms with E-state index in [2.05, 4.69) is 5.32 Å². The highest BCUT2D eigenvalue weighted by Gasteiger charge is 2.33. The van der Waals surface area contributed by atoms with Gasteiger partial charge in [-0.05, 0) is 19.2 Å². The number of benzene rings is 2. The van der Waals surface area contributed by atoms with E-state index in [-0.39, 0.29) is 0 Å². The molecule has 0 atom stereocenters. The van der Waals surface area contributed by atoms with Crippen LogP contribution in [0.4, 0.5) is 0 Å². The fourth-order valence-corrected chi connectivity index (χ4v) is 2.47.